The van der Waals surface area contributed by atoms with Gasteiger partial charge in [0.1, 0.15) is 11.7 Å². The van der Waals surface area contributed by atoms with Crippen LogP contribution in [-0.2, 0) is 6.42 Å². The molecule has 0 spiro atoms. The Morgan fingerprint density at radius 1 is 1.10 bits per heavy atom. The highest BCUT2D eigenvalue weighted by atomic mass is 15.2. The van der Waals surface area contributed by atoms with Crippen molar-refractivity contribution in [3.63, 3.8) is 0 Å². The Kier molecular flexibility index (Phi) is 11.9. The highest BCUT2D eigenvalue weighted by Gasteiger charge is 2.29. The van der Waals surface area contributed by atoms with E-state index in [0.29, 0.717) is 17.8 Å². The number of rotatable bonds is 11. The standard InChI is InChI=1S/C32H48N8.C2H6/c1-6-23(18-30(33-3)36-22(2)14-17-39(4)25-10-11-25)32-37-29-21-35-20-28(24-8-7-9-24)27(29)19-31(38-32)40(5)26-12-15-34-16-13-26;1-2/h6,18,20-22,24-26,34,36H,3,7-17,19H2,1-2,4-5H3;1-2H3/b23-6+,30-18+;. The summed E-state index contributed by atoms with van der Waals surface area (Å²) in [5, 5.41) is 7.08. The minimum absolute atomic E-state index is 0.284. The first kappa shape index (κ1) is 32.1. The van der Waals surface area contributed by atoms with Gasteiger partial charge >= 0.3 is 0 Å². The van der Waals surface area contributed by atoms with Crippen molar-refractivity contribution in [2.45, 2.75) is 110 Å². The van der Waals surface area contributed by atoms with Gasteiger partial charge in [-0.1, -0.05) is 26.3 Å². The zero-order valence-electron chi connectivity index (χ0n) is 27.0. The number of aromatic nitrogens is 1. The molecule has 5 rings (SSSR count). The van der Waals surface area contributed by atoms with Crippen LogP contribution in [0, 0.1) is 0 Å². The van der Waals surface area contributed by atoms with Crippen molar-refractivity contribution in [2.75, 3.05) is 33.7 Å². The van der Waals surface area contributed by atoms with Crippen molar-refractivity contribution in [1.29, 1.82) is 0 Å². The van der Waals surface area contributed by atoms with Gasteiger partial charge in [-0.05, 0) is 109 Å². The molecule has 1 aromatic rings. The summed E-state index contributed by atoms with van der Waals surface area (Å²) in [6.07, 6.45) is 18.7. The number of pyridine rings is 1. The molecule has 0 amide bonds. The molecule has 1 aromatic heterocycles. The molecule has 3 heterocycles. The Balaban J connectivity index is 0.00000198. The van der Waals surface area contributed by atoms with Crippen LogP contribution in [0.5, 0.6) is 0 Å². The Labute approximate surface area is 254 Å². The Hall–Kier alpha value is -2.84. The third-order valence-electron chi connectivity index (χ3n) is 9.18. The predicted molar refractivity (Wildman–Crippen MR) is 178 cm³/mol. The maximum Gasteiger partial charge on any atom is 0.161 e. The lowest BCUT2D eigenvalue weighted by molar-refractivity contribution is 0.286. The molecule has 2 aliphatic carbocycles. The number of hydrogen-bond donors (Lipinski definition) is 2. The first-order valence-corrected chi connectivity index (χ1v) is 16.3. The van der Waals surface area contributed by atoms with E-state index in [0.717, 1.165) is 74.3 Å². The molecule has 0 radical (unpaired) electrons. The van der Waals surface area contributed by atoms with E-state index in [1.165, 1.54) is 43.2 Å². The lowest BCUT2D eigenvalue weighted by atomic mass is 9.78. The number of piperidine rings is 1. The van der Waals surface area contributed by atoms with Gasteiger partial charge in [0.25, 0.3) is 0 Å². The van der Waals surface area contributed by atoms with Crippen LogP contribution in [0.1, 0.15) is 96.1 Å². The van der Waals surface area contributed by atoms with Gasteiger partial charge in [-0.2, -0.15) is 0 Å². The molecule has 1 unspecified atom stereocenters. The van der Waals surface area contributed by atoms with E-state index >= 15 is 0 Å². The molecule has 3 fully saturated rings. The van der Waals surface area contributed by atoms with Crippen LogP contribution in [0.2, 0.25) is 0 Å². The molecule has 0 aromatic carbocycles. The highest BCUT2D eigenvalue weighted by Crippen LogP contribution is 2.41. The molecule has 1 saturated heterocycles. The minimum atomic E-state index is 0.284. The topological polar surface area (TPSA) is 80.5 Å². The van der Waals surface area contributed by atoms with Gasteiger partial charge in [-0.25, -0.2) is 15.0 Å². The van der Waals surface area contributed by atoms with Crippen molar-refractivity contribution >= 4 is 24.1 Å². The average molecular weight is 575 g/mol. The van der Waals surface area contributed by atoms with Gasteiger partial charge in [-0.3, -0.25) is 4.98 Å². The number of nitrogens with zero attached hydrogens (tertiary/aromatic N) is 6. The summed E-state index contributed by atoms with van der Waals surface area (Å²) >= 11 is 0. The quantitative estimate of drug-likeness (QED) is 0.251. The van der Waals surface area contributed by atoms with Crippen LogP contribution in [0.3, 0.4) is 0 Å². The maximum absolute atomic E-state index is 5.27. The van der Waals surface area contributed by atoms with Gasteiger partial charge in [0, 0.05) is 49.9 Å². The van der Waals surface area contributed by atoms with Crippen molar-refractivity contribution in [2.24, 2.45) is 15.0 Å². The van der Waals surface area contributed by atoms with Crippen LogP contribution in [0.15, 0.2) is 50.9 Å². The number of nitrogens with one attached hydrogen (secondary N) is 2. The molecule has 2 N–H and O–H groups in total. The molecule has 8 nitrogen and oxygen atoms in total. The second kappa shape index (κ2) is 15.6. The molecule has 4 aliphatic rings. The molecular formula is C34H54N8. The van der Waals surface area contributed by atoms with Gasteiger partial charge < -0.3 is 20.4 Å². The third-order valence-corrected chi connectivity index (χ3v) is 9.18. The number of hydrogen-bond acceptors (Lipinski definition) is 8. The summed E-state index contributed by atoms with van der Waals surface area (Å²) in [5.74, 6) is 3.15. The fraction of sp³-hybridized carbons (Fsp3) is 0.647. The number of likely N-dealkylation sites (N-methyl/N-ethyl adjacent to an activating group) is 1. The lowest BCUT2D eigenvalue weighted by Gasteiger charge is -2.34. The van der Waals surface area contributed by atoms with E-state index in [9.17, 15) is 0 Å². The number of aliphatic imine (C=N–C) groups is 3. The number of allylic oxidation sites excluding steroid dienone is 1. The van der Waals surface area contributed by atoms with Crippen molar-refractivity contribution in [3.05, 3.63) is 47.1 Å². The maximum atomic E-state index is 5.27. The Bertz CT molecular complexity index is 1170. The molecule has 8 heteroatoms. The summed E-state index contributed by atoms with van der Waals surface area (Å²) in [5.41, 5.74) is 4.54. The van der Waals surface area contributed by atoms with Crippen LogP contribution in [0.4, 0.5) is 5.69 Å². The summed E-state index contributed by atoms with van der Waals surface area (Å²) in [4.78, 5) is 24.3. The van der Waals surface area contributed by atoms with E-state index in [1.807, 2.05) is 33.0 Å². The second-order valence-corrected chi connectivity index (χ2v) is 12.1. The largest absolute Gasteiger partial charge is 0.368 e. The molecule has 230 valence electrons. The average Bonchev–Trinajstić information content (AvgIpc) is 3.86. The predicted octanol–water partition coefficient (Wildman–Crippen LogP) is 5.99. The van der Waals surface area contributed by atoms with E-state index in [4.69, 9.17) is 9.98 Å². The molecule has 42 heavy (non-hydrogen) atoms. The zero-order valence-corrected chi connectivity index (χ0v) is 27.0. The highest BCUT2D eigenvalue weighted by molar-refractivity contribution is 6.10. The van der Waals surface area contributed by atoms with Crippen LogP contribution in [-0.4, -0.2) is 85.0 Å². The van der Waals surface area contributed by atoms with E-state index in [2.05, 4.69) is 70.4 Å². The first-order valence-electron chi connectivity index (χ1n) is 16.3. The zero-order chi connectivity index (χ0) is 30.1. The van der Waals surface area contributed by atoms with Gasteiger partial charge in [0.05, 0.1) is 11.9 Å². The Morgan fingerprint density at radius 2 is 1.83 bits per heavy atom. The Morgan fingerprint density at radius 3 is 2.45 bits per heavy atom. The van der Waals surface area contributed by atoms with Gasteiger partial charge in [0.15, 0.2) is 5.84 Å². The van der Waals surface area contributed by atoms with E-state index < -0.39 is 0 Å². The summed E-state index contributed by atoms with van der Waals surface area (Å²) < 4.78 is 0. The molecule has 0 bridgehead atoms. The second-order valence-electron chi connectivity index (χ2n) is 12.1. The SMILES string of the molecule is C=N/C(=C\C(=C/C)C1=Nc2cncc(C3CCC3)c2CC(N(C)C2CCNCC2)=N1)NC(C)CCN(C)C1CC1.CC. The van der Waals surface area contributed by atoms with Crippen molar-refractivity contribution in [3.8, 4) is 0 Å². The molecule has 2 aliphatic heterocycles. The summed E-state index contributed by atoms with van der Waals surface area (Å²) in [7, 11) is 4.44. The number of amidine groups is 2. The number of fused-ring (bicyclic) bond motifs is 1. The first-order chi connectivity index (χ1) is 20.5. The van der Waals surface area contributed by atoms with Crippen molar-refractivity contribution < 1.29 is 0 Å². The minimum Gasteiger partial charge on any atom is -0.368 e. The van der Waals surface area contributed by atoms with Crippen LogP contribution in [0.25, 0.3) is 0 Å². The van der Waals surface area contributed by atoms with Crippen molar-refractivity contribution in [1.82, 2.24) is 25.4 Å². The van der Waals surface area contributed by atoms with Gasteiger partial charge in [-0.15, -0.1) is 0 Å². The monoisotopic (exact) mass is 574 g/mol. The lowest BCUT2D eigenvalue weighted by Crippen LogP contribution is -2.44. The normalized spacial score (nSPS) is 20.7. The fourth-order valence-corrected chi connectivity index (χ4v) is 6.03. The summed E-state index contributed by atoms with van der Waals surface area (Å²) in [6, 6.07) is 1.54. The fourth-order valence-electron chi connectivity index (χ4n) is 6.03. The van der Waals surface area contributed by atoms with E-state index in [-0.39, 0.29) is 6.04 Å². The third kappa shape index (κ3) is 8.16. The van der Waals surface area contributed by atoms with Crippen LogP contribution < -0.4 is 10.6 Å². The van der Waals surface area contributed by atoms with E-state index in [1.54, 1.807) is 0 Å². The summed E-state index contributed by atoms with van der Waals surface area (Å²) in [6.45, 7) is 15.3. The molecule has 2 saturated carbocycles. The van der Waals surface area contributed by atoms with Gasteiger partial charge in [0.2, 0.25) is 0 Å². The van der Waals surface area contributed by atoms with Crippen LogP contribution >= 0.6 is 0 Å². The molecular weight excluding hydrogens is 520 g/mol. The molecule has 1 atom stereocenters. The smallest absolute Gasteiger partial charge is 0.161 e.